The van der Waals surface area contributed by atoms with Gasteiger partial charge < -0.3 is 15.2 Å². The molecule has 1 saturated carbocycles. The number of nitrogens with zero attached hydrogens (tertiary/aromatic N) is 4. The van der Waals surface area contributed by atoms with Crippen molar-refractivity contribution in [1.82, 2.24) is 14.5 Å². The highest BCUT2D eigenvalue weighted by Crippen LogP contribution is 2.34. The molecule has 0 aromatic carbocycles. The van der Waals surface area contributed by atoms with Crippen LogP contribution in [-0.2, 0) is 0 Å². The minimum Gasteiger partial charge on any atom is -0.370 e. The molecule has 1 unspecified atom stereocenters. The zero-order valence-corrected chi connectivity index (χ0v) is 11.1. The number of aromatic nitrogens is 2. The number of hydrogen-bond donors (Lipinski definition) is 1. The molecular formula is C13H21N5. The lowest BCUT2D eigenvalue weighted by molar-refractivity contribution is 0.317. The number of imidazole rings is 1. The van der Waals surface area contributed by atoms with Gasteiger partial charge in [-0.3, -0.25) is 4.99 Å². The van der Waals surface area contributed by atoms with Crippen LogP contribution in [0, 0.1) is 5.92 Å². The van der Waals surface area contributed by atoms with E-state index in [1.807, 2.05) is 12.5 Å². The average Bonchev–Trinajstić information content (AvgIpc) is 2.87. The third-order valence-corrected chi connectivity index (χ3v) is 3.84. The van der Waals surface area contributed by atoms with E-state index in [0.29, 0.717) is 12.0 Å². The van der Waals surface area contributed by atoms with E-state index >= 15 is 0 Å². The van der Waals surface area contributed by atoms with Gasteiger partial charge in [0.15, 0.2) is 5.96 Å². The third kappa shape index (κ3) is 1.98. The molecule has 0 radical (unpaired) electrons. The van der Waals surface area contributed by atoms with Gasteiger partial charge >= 0.3 is 0 Å². The number of nitrogens with two attached hydrogens (primary N) is 1. The van der Waals surface area contributed by atoms with Gasteiger partial charge in [-0.05, 0) is 32.6 Å². The fourth-order valence-corrected chi connectivity index (χ4v) is 2.59. The van der Waals surface area contributed by atoms with Crippen molar-refractivity contribution >= 4 is 5.96 Å². The maximum Gasteiger partial charge on any atom is 0.191 e. The van der Waals surface area contributed by atoms with Crippen molar-refractivity contribution < 1.29 is 0 Å². The summed E-state index contributed by atoms with van der Waals surface area (Å²) in [4.78, 5) is 11.0. The molecule has 18 heavy (non-hydrogen) atoms. The molecule has 0 bridgehead atoms. The van der Waals surface area contributed by atoms with Crippen LogP contribution in [-0.4, -0.2) is 33.5 Å². The summed E-state index contributed by atoms with van der Waals surface area (Å²) < 4.78 is 2.22. The maximum atomic E-state index is 6.02. The number of aliphatic imine (C=N–C) groups is 1. The molecule has 1 atom stereocenters. The van der Waals surface area contributed by atoms with Crippen molar-refractivity contribution in [2.75, 3.05) is 13.1 Å². The monoisotopic (exact) mass is 247 g/mol. The standard InChI is InChI=1S/C13H21N5/c1-9(2)18-8-15-5-11(18)12-6-16-13(14)17(12)7-10-3-4-10/h5,8-10,12H,3-4,6-7H2,1-2H3,(H2,14,16). The van der Waals surface area contributed by atoms with Gasteiger partial charge in [-0.25, -0.2) is 4.98 Å². The first kappa shape index (κ1) is 11.6. The second kappa shape index (κ2) is 4.30. The van der Waals surface area contributed by atoms with Gasteiger partial charge in [0.05, 0.1) is 30.8 Å². The number of hydrogen-bond acceptors (Lipinski definition) is 4. The Bertz CT molecular complexity index is 458. The maximum absolute atomic E-state index is 6.02. The molecule has 2 heterocycles. The van der Waals surface area contributed by atoms with E-state index in [4.69, 9.17) is 5.73 Å². The molecule has 3 rings (SSSR count). The second-order valence-corrected chi connectivity index (χ2v) is 5.63. The summed E-state index contributed by atoms with van der Waals surface area (Å²) in [6, 6.07) is 0.697. The summed E-state index contributed by atoms with van der Waals surface area (Å²) >= 11 is 0. The molecule has 1 fully saturated rings. The molecule has 0 spiro atoms. The van der Waals surface area contributed by atoms with Gasteiger partial charge in [0.2, 0.25) is 0 Å². The molecule has 2 aliphatic rings. The predicted molar refractivity (Wildman–Crippen MR) is 71.3 cm³/mol. The van der Waals surface area contributed by atoms with Crippen LogP contribution in [0.5, 0.6) is 0 Å². The van der Waals surface area contributed by atoms with Crippen molar-refractivity contribution in [3.63, 3.8) is 0 Å². The van der Waals surface area contributed by atoms with E-state index in [1.54, 1.807) is 0 Å². The highest BCUT2D eigenvalue weighted by molar-refractivity contribution is 5.80. The van der Waals surface area contributed by atoms with E-state index in [9.17, 15) is 0 Å². The normalized spacial score (nSPS) is 23.8. The highest BCUT2D eigenvalue weighted by Gasteiger charge is 2.34. The molecule has 0 saturated heterocycles. The Morgan fingerprint density at radius 1 is 1.44 bits per heavy atom. The SMILES string of the molecule is CC(C)n1cncc1C1CN=C(N)N1CC1CC1. The molecule has 1 aliphatic heterocycles. The Labute approximate surface area is 108 Å². The van der Waals surface area contributed by atoms with Gasteiger partial charge in [-0.2, -0.15) is 0 Å². The van der Waals surface area contributed by atoms with Crippen LogP contribution in [0.4, 0.5) is 0 Å². The van der Waals surface area contributed by atoms with Gasteiger partial charge in [-0.15, -0.1) is 0 Å². The van der Waals surface area contributed by atoms with Crippen molar-refractivity contribution in [3.05, 3.63) is 18.2 Å². The second-order valence-electron chi connectivity index (χ2n) is 5.63. The quantitative estimate of drug-likeness (QED) is 0.878. The van der Waals surface area contributed by atoms with E-state index in [2.05, 4.69) is 33.3 Å². The minimum atomic E-state index is 0.274. The zero-order valence-electron chi connectivity index (χ0n) is 11.1. The fourth-order valence-electron chi connectivity index (χ4n) is 2.59. The molecule has 98 valence electrons. The summed E-state index contributed by atoms with van der Waals surface area (Å²) in [5, 5.41) is 0. The van der Waals surface area contributed by atoms with Crippen molar-refractivity contribution in [1.29, 1.82) is 0 Å². The van der Waals surface area contributed by atoms with Crippen LogP contribution in [0.25, 0.3) is 0 Å². The lowest BCUT2D eigenvalue weighted by atomic mass is 10.1. The zero-order chi connectivity index (χ0) is 12.7. The minimum absolute atomic E-state index is 0.274. The Kier molecular flexibility index (Phi) is 2.76. The molecule has 1 aromatic heterocycles. The molecular weight excluding hydrogens is 226 g/mol. The largest absolute Gasteiger partial charge is 0.370 e. The van der Waals surface area contributed by atoms with Crippen LogP contribution in [0.1, 0.15) is 44.5 Å². The van der Waals surface area contributed by atoms with Crippen LogP contribution in [0.2, 0.25) is 0 Å². The summed E-state index contributed by atoms with van der Waals surface area (Å²) in [5.74, 6) is 1.51. The lowest BCUT2D eigenvalue weighted by Gasteiger charge is -2.27. The Morgan fingerprint density at radius 3 is 2.89 bits per heavy atom. The van der Waals surface area contributed by atoms with Crippen LogP contribution in [0.15, 0.2) is 17.5 Å². The summed E-state index contributed by atoms with van der Waals surface area (Å²) in [7, 11) is 0. The van der Waals surface area contributed by atoms with E-state index < -0.39 is 0 Å². The van der Waals surface area contributed by atoms with E-state index in [1.165, 1.54) is 18.5 Å². The van der Waals surface area contributed by atoms with E-state index in [-0.39, 0.29) is 6.04 Å². The van der Waals surface area contributed by atoms with Gasteiger partial charge in [0.1, 0.15) is 0 Å². The van der Waals surface area contributed by atoms with Crippen molar-refractivity contribution in [2.45, 2.75) is 38.8 Å². The van der Waals surface area contributed by atoms with Gasteiger partial charge in [0.25, 0.3) is 0 Å². The molecule has 5 heteroatoms. The molecule has 1 aliphatic carbocycles. The Hall–Kier alpha value is -1.52. The molecule has 0 amide bonds. The van der Waals surface area contributed by atoms with Gasteiger partial charge in [0, 0.05) is 12.6 Å². The highest BCUT2D eigenvalue weighted by atomic mass is 15.3. The van der Waals surface area contributed by atoms with Crippen LogP contribution < -0.4 is 5.73 Å². The first-order valence-corrected chi connectivity index (χ1v) is 6.75. The Morgan fingerprint density at radius 2 is 2.22 bits per heavy atom. The number of guanidine groups is 1. The van der Waals surface area contributed by atoms with Crippen molar-refractivity contribution in [2.24, 2.45) is 16.6 Å². The van der Waals surface area contributed by atoms with Gasteiger partial charge in [-0.1, -0.05) is 0 Å². The lowest BCUT2D eigenvalue weighted by Crippen LogP contribution is -2.38. The first-order chi connectivity index (χ1) is 8.66. The molecule has 1 aromatic rings. The smallest absolute Gasteiger partial charge is 0.191 e. The first-order valence-electron chi connectivity index (χ1n) is 6.75. The number of rotatable bonds is 4. The summed E-state index contributed by atoms with van der Waals surface area (Å²) in [6.45, 7) is 6.16. The van der Waals surface area contributed by atoms with E-state index in [0.717, 1.165) is 19.0 Å². The predicted octanol–water partition coefficient (Wildman–Crippen LogP) is 1.55. The van der Waals surface area contributed by atoms with Crippen LogP contribution in [0.3, 0.4) is 0 Å². The van der Waals surface area contributed by atoms with Crippen LogP contribution >= 0.6 is 0 Å². The topological polar surface area (TPSA) is 59.4 Å². The summed E-state index contributed by atoms with van der Waals surface area (Å²) in [6.07, 6.45) is 6.53. The van der Waals surface area contributed by atoms with Crippen molar-refractivity contribution in [3.8, 4) is 0 Å². The molecule has 5 nitrogen and oxygen atoms in total. The Balaban J connectivity index is 1.83. The summed E-state index contributed by atoms with van der Waals surface area (Å²) in [5.41, 5.74) is 7.26. The fraction of sp³-hybridized carbons (Fsp3) is 0.692. The molecule has 2 N–H and O–H groups in total. The third-order valence-electron chi connectivity index (χ3n) is 3.84. The average molecular weight is 247 g/mol.